The molecule has 1 saturated heterocycles. The number of hydrogen-bond donors (Lipinski definition) is 1. The van der Waals surface area contributed by atoms with Crippen LogP contribution < -0.4 is 5.73 Å². The molecule has 2 N–H and O–H groups in total. The molecule has 0 amide bonds. The lowest BCUT2D eigenvalue weighted by Gasteiger charge is -2.26. The Balaban J connectivity index is 1.77. The molecule has 0 radical (unpaired) electrons. The molecule has 1 aromatic carbocycles. The number of anilines is 1. The minimum Gasteiger partial charge on any atom is -0.399 e. The Kier molecular flexibility index (Phi) is 4.66. The summed E-state index contributed by atoms with van der Waals surface area (Å²) in [6.07, 6.45) is 2.14. The molecule has 1 aromatic rings. The average Bonchev–Trinajstić information content (AvgIpc) is 2.33. The van der Waals surface area contributed by atoms with E-state index in [1.54, 1.807) is 0 Å². The molecule has 1 aliphatic rings. The Hall–Kier alpha value is -0.770. The maximum absolute atomic E-state index is 6.14. The van der Waals surface area contributed by atoms with E-state index in [9.17, 15) is 0 Å². The van der Waals surface area contributed by atoms with E-state index in [2.05, 4.69) is 4.90 Å². The zero-order valence-electron chi connectivity index (χ0n) is 9.99. The van der Waals surface area contributed by atoms with Crippen LogP contribution in [0.1, 0.15) is 12.0 Å². The van der Waals surface area contributed by atoms with Crippen molar-refractivity contribution in [1.82, 2.24) is 4.90 Å². The van der Waals surface area contributed by atoms with Gasteiger partial charge in [0.15, 0.2) is 0 Å². The highest BCUT2D eigenvalue weighted by atomic mass is 35.5. The van der Waals surface area contributed by atoms with Gasteiger partial charge in [-0.3, -0.25) is 4.90 Å². The van der Waals surface area contributed by atoms with Gasteiger partial charge in [-0.05, 0) is 37.1 Å². The van der Waals surface area contributed by atoms with Gasteiger partial charge in [0.2, 0.25) is 0 Å². The first-order valence-electron chi connectivity index (χ1n) is 6.10. The van der Waals surface area contributed by atoms with Crippen molar-refractivity contribution in [3.8, 4) is 0 Å². The molecule has 4 heteroatoms. The summed E-state index contributed by atoms with van der Waals surface area (Å²) < 4.78 is 5.32. The van der Waals surface area contributed by atoms with Gasteiger partial charge in [-0.25, -0.2) is 0 Å². The van der Waals surface area contributed by atoms with Gasteiger partial charge in [0, 0.05) is 23.8 Å². The summed E-state index contributed by atoms with van der Waals surface area (Å²) in [7, 11) is 0. The highest BCUT2D eigenvalue weighted by Gasteiger charge is 2.09. The Morgan fingerprint density at radius 1 is 1.29 bits per heavy atom. The summed E-state index contributed by atoms with van der Waals surface area (Å²) >= 11 is 6.14. The van der Waals surface area contributed by atoms with Crippen LogP contribution in [-0.4, -0.2) is 37.7 Å². The fraction of sp³-hybridized carbons (Fsp3) is 0.538. The third-order valence-electron chi connectivity index (χ3n) is 3.10. The molecule has 94 valence electrons. The van der Waals surface area contributed by atoms with Crippen molar-refractivity contribution in [2.24, 2.45) is 0 Å². The van der Waals surface area contributed by atoms with Crippen LogP contribution in [0.25, 0.3) is 0 Å². The fourth-order valence-corrected chi connectivity index (χ4v) is 2.37. The standard InChI is InChI=1S/C13H19ClN2O/c14-13-10-12(15)4-3-11(13)2-1-5-16-6-8-17-9-7-16/h3-4,10H,1-2,5-9,15H2. The van der Waals surface area contributed by atoms with Crippen molar-refractivity contribution < 1.29 is 4.74 Å². The molecule has 2 rings (SSSR count). The molecule has 1 heterocycles. The number of nitrogens with zero attached hydrogens (tertiary/aromatic N) is 1. The molecule has 0 bridgehead atoms. The lowest BCUT2D eigenvalue weighted by Crippen LogP contribution is -2.36. The van der Waals surface area contributed by atoms with Gasteiger partial charge in [0.1, 0.15) is 0 Å². The summed E-state index contributed by atoms with van der Waals surface area (Å²) in [6, 6.07) is 5.76. The van der Waals surface area contributed by atoms with Gasteiger partial charge in [0.05, 0.1) is 13.2 Å². The van der Waals surface area contributed by atoms with Crippen LogP contribution in [0.3, 0.4) is 0 Å². The SMILES string of the molecule is Nc1ccc(CCCN2CCOCC2)c(Cl)c1. The maximum atomic E-state index is 6.14. The molecule has 0 aliphatic carbocycles. The summed E-state index contributed by atoms with van der Waals surface area (Å²) in [5, 5.41) is 0.784. The second kappa shape index (κ2) is 6.24. The number of aryl methyl sites for hydroxylation is 1. The Morgan fingerprint density at radius 2 is 2.06 bits per heavy atom. The smallest absolute Gasteiger partial charge is 0.0594 e. The van der Waals surface area contributed by atoms with E-state index in [0.29, 0.717) is 0 Å². The van der Waals surface area contributed by atoms with E-state index in [0.717, 1.165) is 56.4 Å². The van der Waals surface area contributed by atoms with Gasteiger partial charge in [0.25, 0.3) is 0 Å². The molecule has 17 heavy (non-hydrogen) atoms. The molecule has 0 atom stereocenters. The number of morpholine rings is 1. The molecule has 0 spiro atoms. The zero-order valence-corrected chi connectivity index (χ0v) is 10.7. The minimum absolute atomic E-state index is 0.729. The first kappa shape index (κ1) is 12.7. The summed E-state index contributed by atoms with van der Waals surface area (Å²) in [4.78, 5) is 2.44. The number of ether oxygens (including phenoxy) is 1. The Morgan fingerprint density at radius 3 is 2.76 bits per heavy atom. The summed E-state index contributed by atoms with van der Waals surface area (Å²) in [5.74, 6) is 0. The number of halogens is 1. The molecule has 0 saturated carbocycles. The zero-order chi connectivity index (χ0) is 12.1. The van der Waals surface area contributed by atoms with E-state index >= 15 is 0 Å². The Labute approximate surface area is 107 Å². The lowest BCUT2D eigenvalue weighted by atomic mass is 10.1. The average molecular weight is 255 g/mol. The second-order valence-electron chi connectivity index (χ2n) is 4.41. The molecular weight excluding hydrogens is 236 g/mol. The molecule has 3 nitrogen and oxygen atoms in total. The quantitative estimate of drug-likeness (QED) is 0.838. The summed E-state index contributed by atoms with van der Waals surface area (Å²) in [6.45, 7) is 4.94. The van der Waals surface area contributed by atoms with Crippen molar-refractivity contribution in [3.05, 3.63) is 28.8 Å². The first-order chi connectivity index (χ1) is 8.25. The van der Waals surface area contributed by atoms with Gasteiger partial charge in [-0.1, -0.05) is 17.7 Å². The van der Waals surface area contributed by atoms with E-state index in [1.165, 1.54) is 5.56 Å². The number of benzene rings is 1. The third-order valence-corrected chi connectivity index (χ3v) is 3.45. The number of rotatable bonds is 4. The second-order valence-corrected chi connectivity index (χ2v) is 4.82. The number of hydrogen-bond acceptors (Lipinski definition) is 3. The minimum atomic E-state index is 0.729. The van der Waals surface area contributed by atoms with Gasteiger partial charge < -0.3 is 10.5 Å². The predicted molar refractivity (Wildman–Crippen MR) is 71.4 cm³/mol. The van der Waals surface area contributed by atoms with Crippen LogP contribution in [-0.2, 0) is 11.2 Å². The number of nitrogen functional groups attached to an aromatic ring is 1. The molecular formula is C13H19ClN2O. The monoisotopic (exact) mass is 254 g/mol. The van der Waals surface area contributed by atoms with Crippen molar-refractivity contribution in [2.75, 3.05) is 38.6 Å². The van der Waals surface area contributed by atoms with Crippen LogP contribution >= 0.6 is 11.6 Å². The fourth-order valence-electron chi connectivity index (χ4n) is 2.08. The van der Waals surface area contributed by atoms with Crippen LogP contribution in [0.4, 0.5) is 5.69 Å². The van der Waals surface area contributed by atoms with Crippen LogP contribution in [0, 0.1) is 0 Å². The lowest BCUT2D eigenvalue weighted by molar-refractivity contribution is 0.0375. The summed E-state index contributed by atoms with van der Waals surface area (Å²) in [5.41, 5.74) is 7.58. The highest BCUT2D eigenvalue weighted by Crippen LogP contribution is 2.20. The molecule has 0 aromatic heterocycles. The predicted octanol–water partition coefficient (Wildman–Crippen LogP) is 2.19. The van der Waals surface area contributed by atoms with Crippen LogP contribution in [0.5, 0.6) is 0 Å². The molecule has 1 fully saturated rings. The third kappa shape index (κ3) is 3.87. The highest BCUT2D eigenvalue weighted by molar-refractivity contribution is 6.31. The first-order valence-corrected chi connectivity index (χ1v) is 6.47. The van der Waals surface area contributed by atoms with E-state index < -0.39 is 0 Å². The van der Waals surface area contributed by atoms with Gasteiger partial charge in [-0.15, -0.1) is 0 Å². The van der Waals surface area contributed by atoms with Crippen LogP contribution in [0.2, 0.25) is 5.02 Å². The maximum Gasteiger partial charge on any atom is 0.0594 e. The van der Waals surface area contributed by atoms with Crippen molar-refractivity contribution in [1.29, 1.82) is 0 Å². The molecule has 0 unspecified atom stereocenters. The van der Waals surface area contributed by atoms with Crippen molar-refractivity contribution in [2.45, 2.75) is 12.8 Å². The van der Waals surface area contributed by atoms with E-state index in [-0.39, 0.29) is 0 Å². The van der Waals surface area contributed by atoms with Crippen LogP contribution in [0.15, 0.2) is 18.2 Å². The molecule has 1 aliphatic heterocycles. The van der Waals surface area contributed by atoms with Gasteiger partial charge >= 0.3 is 0 Å². The largest absolute Gasteiger partial charge is 0.399 e. The van der Waals surface area contributed by atoms with Crippen molar-refractivity contribution >= 4 is 17.3 Å². The van der Waals surface area contributed by atoms with E-state index in [1.807, 2.05) is 18.2 Å². The Bertz CT molecular complexity index is 364. The van der Waals surface area contributed by atoms with Gasteiger partial charge in [-0.2, -0.15) is 0 Å². The normalized spacial score (nSPS) is 17.2. The van der Waals surface area contributed by atoms with E-state index in [4.69, 9.17) is 22.1 Å². The number of nitrogens with two attached hydrogens (primary N) is 1. The van der Waals surface area contributed by atoms with Crippen molar-refractivity contribution in [3.63, 3.8) is 0 Å². The topological polar surface area (TPSA) is 38.5 Å².